The van der Waals surface area contributed by atoms with Gasteiger partial charge in [-0.3, -0.25) is 4.79 Å². The lowest BCUT2D eigenvalue weighted by molar-refractivity contribution is 0.0691. The van der Waals surface area contributed by atoms with Crippen molar-refractivity contribution in [1.29, 1.82) is 0 Å². The Morgan fingerprint density at radius 3 is 2.41 bits per heavy atom. The number of ether oxygens (including phenoxy) is 1. The molecular formula is C19H19ClN4O4S. The Balaban J connectivity index is 1.45. The van der Waals surface area contributed by atoms with Crippen molar-refractivity contribution in [3.8, 4) is 5.75 Å². The first-order valence-electron chi connectivity index (χ1n) is 8.97. The van der Waals surface area contributed by atoms with Crippen molar-refractivity contribution >= 4 is 33.0 Å². The molecule has 0 atom stereocenters. The van der Waals surface area contributed by atoms with Crippen LogP contribution in [0.4, 0.5) is 0 Å². The molecule has 4 rings (SSSR count). The van der Waals surface area contributed by atoms with Crippen LogP contribution in [-0.2, 0) is 10.0 Å². The first kappa shape index (κ1) is 19.7. The number of pyridine rings is 1. The number of rotatable bonds is 4. The molecule has 2 aromatic heterocycles. The molecule has 0 N–H and O–H groups in total. The summed E-state index contributed by atoms with van der Waals surface area (Å²) in [5.74, 6) is 0.361. The van der Waals surface area contributed by atoms with E-state index in [4.69, 9.17) is 16.3 Å². The molecule has 3 aromatic rings. The number of carbonyl (C=O) groups excluding carboxylic acids is 1. The van der Waals surface area contributed by atoms with E-state index in [9.17, 15) is 13.2 Å². The molecule has 1 saturated heterocycles. The number of aromatic nitrogens is 2. The number of methoxy groups -OCH3 is 1. The minimum Gasteiger partial charge on any atom is -0.497 e. The van der Waals surface area contributed by atoms with Gasteiger partial charge < -0.3 is 9.64 Å². The molecule has 29 heavy (non-hydrogen) atoms. The monoisotopic (exact) mass is 434 g/mol. The predicted molar refractivity (Wildman–Crippen MR) is 108 cm³/mol. The summed E-state index contributed by atoms with van der Waals surface area (Å²) in [5.41, 5.74) is 1.03. The van der Waals surface area contributed by atoms with E-state index < -0.39 is 10.0 Å². The molecule has 1 aliphatic rings. The van der Waals surface area contributed by atoms with Gasteiger partial charge in [-0.25, -0.2) is 12.9 Å². The average molecular weight is 435 g/mol. The van der Waals surface area contributed by atoms with Crippen LogP contribution in [0.2, 0.25) is 5.02 Å². The van der Waals surface area contributed by atoms with Crippen LogP contribution in [0.3, 0.4) is 0 Å². The third kappa shape index (κ3) is 3.81. The molecular weight excluding hydrogens is 416 g/mol. The highest BCUT2D eigenvalue weighted by atomic mass is 35.5. The molecule has 152 valence electrons. The molecule has 3 heterocycles. The fourth-order valence-electron chi connectivity index (χ4n) is 3.26. The maximum absolute atomic E-state index is 12.8. The standard InChI is InChI=1S/C19H19ClN4O4S/c1-28-16-2-4-17(5-3-16)29(26,27)23-10-8-22(9-11-23)19(25)18-13-15-12-14(20)6-7-24(15)21-18/h2-7,12-13H,8-11H2,1H3. The van der Waals surface area contributed by atoms with Gasteiger partial charge in [0.1, 0.15) is 5.75 Å². The zero-order valence-electron chi connectivity index (χ0n) is 15.7. The van der Waals surface area contributed by atoms with Crippen LogP contribution in [0.5, 0.6) is 5.75 Å². The Kier molecular flexibility index (Phi) is 5.20. The predicted octanol–water partition coefficient (Wildman–Crippen LogP) is 2.14. The highest BCUT2D eigenvalue weighted by Gasteiger charge is 2.31. The summed E-state index contributed by atoms with van der Waals surface area (Å²) in [7, 11) is -2.10. The van der Waals surface area contributed by atoms with Gasteiger partial charge in [0, 0.05) is 37.4 Å². The first-order valence-corrected chi connectivity index (χ1v) is 10.8. The van der Waals surface area contributed by atoms with E-state index in [-0.39, 0.29) is 23.9 Å². The molecule has 0 bridgehead atoms. The molecule has 0 aliphatic carbocycles. The third-order valence-electron chi connectivity index (χ3n) is 4.87. The minimum atomic E-state index is -3.62. The maximum atomic E-state index is 12.8. The van der Waals surface area contributed by atoms with Crippen LogP contribution < -0.4 is 4.74 Å². The maximum Gasteiger partial charge on any atom is 0.274 e. The Bertz CT molecular complexity index is 1150. The SMILES string of the molecule is COc1ccc(S(=O)(=O)N2CCN(C(=O)c3cc4cc(Cl)ccn4n3)CC2)cc1. The smallest absolute Gasteiger partial charge is 0.274 e. The van der Waals surface area contributed by atoms with E-state index in [1.54, 1.807) is 45.9 Å². The number of carbonyl (C=O) groups is 1. The van der Waals surface area contributed by atoms with E-state index in [0.29, 0.717) is 29.6 Å². The Labute approximate surface area is 173 Å². The number of hydrogen-bond donors (Lipinski definition) is 0. The van der Waals surface area contributed by atoms with Gasteiger partial charge in [0.2, 0.25) is 10.0 Å². The quantitative estimate of drug-likeness (QED) is 0.628. The molecule has 8 nitrogen and oxygen atoms in total. The zero-order chi connectivity index (χ0) is 20.6. The molecule has 0 saturated carbocycles. The summed E-state index contributed by atoms with van der Waals surface area (Å²) in [4.78, 5) is 14.6. The third-order valence-corrected chi connectivity index (χ3v) is 7.02. The van der Waals surface area contributed by atoms with Crippen LogP contribution in [0.15, 0.2) is 53.6 Å². The van der Waals surface area contributed by atoms with E-state index in [0.717, 1.165) is 5.52 Å². The summed E-state index contributed by atoms with van der Waals surface area (Å²) in [5, 5.41) is 4.85. The summed E-state index contributed by atoms with van der Waals surface area (Å²) >= 11 is 5.98. The Hall–Kier alpha value is -2.62. The van der Waals surface area contributed by atoms with Gasteiger partial charge in [0.05, 0.1) is 17.5 Å². The van der Waals surface area contributed by atoms with Gasteiger partial charge in [0.25, 0.3) is 5.91 Å². The van der Waals surface area contributed by atoms with E-state index in [1.807, 2.05) is 0 Å². The van der Waals surface area contributed by atoms with Crippen molar-refractivity contribution < 1.29 is 17.9 Å². The molecule has 0 unspecified atom stereocenters. The number of hydrogen-bond acceptors (Lipinski definition) is 5. The molecule has 0 spiro atoms. The lowest BCUT2D eigenvalue weighted by Crippen LogP contribution is -2.50. The Morgan fingerprint density at radius 1 is 1.07 bits per heavy atom. The van der Waals surface area contributed by atoms with Crippen molar-refractivity contribution in [3.63, 3.8) is 0 Å². The topological polar surface area (TPSA) is 84.2 Å². The zero-order valence-corrected chi connectivity index (χ0v) is 17.2. The lowest BCUT2D eigenvalue weighted by atomic mass is 10.3. The number of amides is 1. The minimum absolute atomic E-state index is 0.204. The van der Waals surface area contributed by atoms with Crippen LogP contribution in [0.1, 0.15) is 10.5 Å². The molecule has 1 aromatic carbocycles. The van der Waals surface area contributed by atoms with Gasteiger partial charge in [-0.1, -0.05) is 11.6 Å². The highest BCUT2D eigenvalue weighted by Crippen LogP contribution is 2.21. The summed E-state index contributed by atoms with van der Waals surface area (Å²) in [6.07, 6.45) is 1.69. The second kappa shape index (κ2) is 7.66. The van der Waals surface area contributed by atoms with Crippen molar-refractivity contribution in [3.05, 3.63) is 59.4 Å². The number of benzene rings is 1. The first-order chi connectivity index (χ1) is 13.9. The van der Waals surface area contributed by atoms with Gasteiger partial charge >= 0.3 is 0 Å². The Morgan fingerprint density at radius 2 is 1.76 bits per heavy atom. The fourth-order valence-corrected chi connectivity index (χ4v) is 4.85. The average Bonchev–Trinajstić information content (AvgIpc) is 3.16. The van der Waals surface area contributed by atoms with Crippen molar-refractivity contribution in [2.24, 2.45) is 0 Å². The van der Waals surface area contributed by atoms with Crippen molar-refractivity contribution in [1.82, 2.24) is 18.8 Å². The van der Waals surface area contributed by atoms with E-state index in [1.165, 1.54) is 23.5 Å². The largest absolute Gasteiger partial charge is 0.497 e. The number of piperazine rings is 1. The molecule has 1 fully saturated rings. The number of sulfonamides is 1. The molecule has 10 heteroatoms. The van der Waals surface area contributed by atoms with E-state index in [2.05, 4.69) is 5.10 Å². The number of halogens is 1. The van der Waals surface area contributed by atoms with Gasteiger partial charge in [-0.05, 0) is 42.5 Å². The van der Waals surface area contributed by atoms with Crippen molar-refractivity contribution in [2.45, 2.75) is 4.90 Å². The van der Waals surface area contributed by atoms with Crippen molar-refractivity contribution in [2.75, 3.05) is 33.3 Å². The fraction of sp³-hybridized carbons (Fsp3) is 0.263. The lowest BCUT2D eigenvalue weighted by Gasteiger charge is -2.33. The summed E-state index contributed by atoms with van der Waals surface area (Å²) < 4.78 is 33.7. The number of fused-ring (bicyclic) bond motifs is 1. The molecule has 1 aliphatic heterocycles. The normalized spacial score (nSPS) is 15.6. The highest BCUT2D eigenvalue weighted by molar-refractivity contribution is 7.89. The molecule has 0 radical (unpaired) electrons. The van der Waals surface area contributed by atoms with Crippen LogP contribution in [0, 0.1) is 0 Å². The van der Waals surface area contributed by atoms with Crippen LogP contribution in [0.25, 0.3) is 5.52 Å². The van der Waals surface area contributed by atoms with Gasteiger partial charge in [-0.15, -0.1) is 0 Å². The number of nitrogens with zero attached hydrogens (tertiary/aromatic N) is 4. The van der Waals surface area contributed by atoms with Gasteiger partial charge in [0.15, 0.2) is 5.69 Å². The van der Waals surface area contributed by atoms with E-state index >= 15 is 0 Å². The second-order valence-electron chi connectivity index (χ2n) is 6.62. The van der Waals surface area contributed by atoms with Crippen LogP contribution >= 0.6 is 11.6 Å². The van der Waals surface area contributed by atoms with Gasteiger partial charge in [-0.2, -0.15) is 9.40 Å². The summed E-state index contributed by atoms with van der Waals surface area (Å²) in [6, 6.07) is 11.4. The second-order valence-corrected chi connectivity index (χ2v) is 8.99. The molecule has 1 amide bonds. The van der Waals surface area contributed by atoms with Crippen LogP contribution in [-0.4, -0.2) is 66.4 Å². The summed E-state index contributed by atoms with van der Waals surface area (Å²) in [6.45, 7) is 1.03.